The molecule has 0 aromatic carbocycles. The van der Waals surface area contributed by atoms with Gasteiger partial charge in [0.1, 0.15) is 5.69 Å². The Labute approximate surface area is 134 Å². The van der Waals surface area contributed by atoms with Gasteiger partial charge < -0.3 is 14.6 Å². The van der Waals surface area contributed by atoms with Crippen LogP contribution < -0.4 is 0 Å². The molecule has 0 spiro atoms. The van der Waals surface area contributed by atoms with Gasteiger partial charge in [0.2, 0.25) is 0 Å². The Hall–Kier alpha value is -1.79. The van der Waals surface area contributed by atoms with Gasteiger partial charge in [-0.25, -0.2) is 0 Å². The topological polar surface area (TPSA) is 63.1 Å². The maximum Gasteiger partial charge on any atom is 0.270 e. The first-order chi connectivity index (χ1) is 10.5. The van der Waals surface area contributed by atoms with Crippen molar-refractivity contribution in [1.29, 1.82) is 0 Å². The quantitative estimate of drug-likeness (QED) is 0.922. The molecule has 1 aliphatic rings. The Balaban J connectivity index is 1.96. The lowest BCUT2D eigenvalue weighted by atomic mass is 10.0. The predicted octanol–water partition coefficient (Wildman–Crippen LogP) is 2.23. The monoisotopic (exact) mass is 322 g/mol. The molecular weight excluding hydrogens is 304 g/mol. The molecule has 1 fully saturated rings. The fourth-order valence-electron chi connectivity index (χ4n) is 3.00. The average Bonchev–Trinajstić information content (AvgIpc) is 3.03. The summed E-state index contributed by atoms with van der Waals surface area (Å²) in [6, 6.07) is 1.52. The van der Waals surface area contributed by atoms with Crippen molar-refractivity contribution in [2.24, 2.45) is 7.05 Å². The number of carbonyl (C=O) groups is 1. The summed E-state index contributed by atoms with van der Waals surface area (Å²) >= 11 is 5.91. The summed E-state index contributed by atoms with van der Waals surface area (Å²) in [5.41, 5.74) is 3.54. The van der Waals surface area contributed by atoms with Gasteiger partial charge >= 0.3 is 0 Å². The molecule has 0 aliphatic carbocycles. The second kappa shape index (κ2) is 5.78. The Kier molecular flexibility index (Phi) is 3.97. The van der Waals surface area contributed by atoms with E-state index in [2.05, 4.69) is 10.1 Å². The molecule has 3 rings (SSSR count). The minimum atomic E-state index is -0.128. The zero-order valence-corrected chi connectivity index (χ0v) is 13.6. The molecule has 1 aliphatic heterocycles. The van der Waals surface area contributed by atoms with Crippen molar-refractivity contribution in [3.05, 3.63) is 39.9 Å². The van der Waals surface area contributed by atoms with Crippen molar-refractivity contribution < 1.29 is 9.53 Å². The lowest BCUT2D eigenvalue weighted by Gasteiger charge is -2.35. The second-order valence-electron chi connectivity index (χ2n) is 5.53. The molecule has 118 valence electrons. The molecule has 22 heavy (non-hydrogen) atoms. The predicted molar refractivity (Wildman–Crippen MR) is 83.1 cm³/mol. The molecule has 6 nitrogen and oxygen atoms in total. The first-order valence-electron chi connectivity index (χ1n) is 7.21. The smallest absolute Gasteiger partial charge is 0.270 e. The van der Waals surface area contributed by atoms with Crippen LogP contribution in [0.1, 0.15) is 33.5 Å². The van der Waals surface area contributed by atoms with Crippen LogP contribution in [0.2, 0.25) is 5.02 Å². The van der Waals surface area contributed by atoms with Gasteiger partial charge in [-0.3, -0.25) is 9.48 Å². The average molecular weight is 323 g/mol. The highest BCUT2D eigenvalue weighted by molar-refractivity contribution is 6.30. The van der Waals surface area contributed by atoms with E-state index in [9.17, 15) is 4.79 Å². The lowest BCUT2D eigenvalue weighted by Crippen LogP contribution is -2.44. The van der Waals surface area contributed by atoms with E-state index in [-0.39, 0.29) is 11.9 Å². The normalized spacial score (nSPS) is 18.7. The summed E-state index contributed by atoms with van der Waals surface area (Å²) in [5.74, 6) is -0.0668. The molecule has 2 aromatic rings. The SMILES string of the molecule is Cc1nn(C)c(C)c1[C@@H]1COCCN1C(=O)c1cc(Cl)c[nH]1. The summed E-state index contributed by atoms with van der Waals surface area (Å²) in [5, 5.41) is 4.98. The van der Waals surface area contributed by atoms with Gasteiger partial charge in [-0.15, -0.1) is 0 Å². The number of aromatic amines is 1. The molecule has 3 heterocycles. The number of hydrogen-bond acceptors (Lipinski definition) is 3. The molecule has 0 radical (unpaired) electrons. The van der Waals surface area contributed by atoms with Gasteiger partial charge in [-0.2, -0.15) is 5.10 Å². The number of morpholine rings is 1. The van der Waals surface area contributed by atoms with Gasteiger partial charge in [0.05, 0.1) is 30.0 Å². The second-order valence-corrected chi connectivity index (χ2v) is 5.97. The van der Waals surface area contributed by atoms with Gasteiger partial charge in [0.15, 0.2) is 0 Å². The molecule has 0 unspecified atom stereocenters. The third kappa shape index (κ3) is 2.53. The van der Waals surface area contributed by atoms with Crippen LogP contribution >= 0.6 is 11.6 Å². The van der Waals surface area contributed by atoms with E-state index in [4.69, 9.17) is 16.3 Å². The molecule has 1 amide bonds. The summed E-state index contributed by atoms with van der Waals surface area (Å²) in [4.78, 5) is 17.5. The van der Waals surface area contributed by atoms with Gasteiger partial charge in [-0.1, -0.05) is 11.6 Å². The van der Waals surface area contributed by atoms with Crippen LogP contribution in [0, 0.1) is 13.8 Å². The number of carbonyl (C=O) groups excluding carboxylic acids is 1. The van der Waals surface area contributed by atoms with Crippen LogP contribution in [-0.4, -0.2) is 45.3 Å². The minimum absolute atomic E-state index is 0.0668. The van der Waals surface area contributed by atoms with Crippen molar-refractivity contribution in [3.63, 3.8) is 0 Å². The van der Waals surface area contributed by atoms with Crippen LogP contribution in [0.15, 0.2) is 12.3 Å². The highest BCUT2D eigenvalue weighted by Crippen LogP contribution is 2.30. The number of nitrogens with one attached hydrogen (secondary N) is 1. The standard InChI is InChI=1S/C15H19ClN4O2/c1-9-14(10(2)19(3)18-9)13-8-22-5-4-20(13)15(21)12-6-11(16)7-17-12/h6-7,13,17H,4-5,8H2,1-3H3/t13-/m0/s1. The van der Waals surface area contributed by atoms with E-state index in [0.717, 1.165) is 17.0 Å². The highest BCUT2D eigenvalue weighted by Gasteiger charge is 2.33. The molecule has 1 N–H and O–H groups in total. The first-order valence-corrected chi connectivity index (χ1v) is 7.59. The Bertz CT molecular complexity index is 706. The first kappa shape index (κ1) is 15.1. The summed E-state index contributed by atoms with van der Waals surface area (Å²) in [6.45, 7) is 5.54. The van der Waals surface area contributed by atoms with E-state index in [1.165, 1.54) is 0 Å². The number of H-pyrrole nitrogens is 1. The fourth-order valence-corrected chi connectivity index (χ4v) is 3.17. The Morgan fingerprint density at radius 2 is 2.27 bits per heavy atom. The zero-order chi connectivity index (χ0) is 15.9. The number of rotatable bonds is 2. The maximum absolute atomic E-state index is 12.8. The Morgan fingerprint density at radius 1 is 1.50 bits per heavy atom. The van der Waals surface area contributed by atoms with Crippen molar-refractivity contribution in [3.8, 4) is 0 Å². The molecule has 1 saturated heterocycles. The summed E-state index contributed by atoms with van der Waals surface area (Å²) < 4.78 is 7.45. The van der Waals surface area contributed by atoms with E-state index in [1.807, 2.05) is 30.5 Å². The van der Waals surface area contributed by atoms with E-state index in [0.29, 0.717) is 30.5 Å². The van der Waals surface area contributed by atoms with Gasteiger partial charge in [0.25, 0.3) is 5.91 Å². The molecular formula is C15H19ClN4O2. The van der Waals surface area contributed by atoms with Crippen molar-refractivity contribution in [2.45, 2.75) is 19.9 Å². The number of hydrogen-bond donors (Lipinski definition) is 1. The number of ether oxygens (including phenoxy) is 1. The van der Waals surface area contributed by atoms with Gasteiger partial charge in [0, 0.05) is 31.0 Å². The van der Waals surface area contributed by atoms with Crippen LogP contribution in [0.3, 0.4) is 0 Å². The molecule has 1 atom stereocenters. The maximum atomic E-state index is 12.8. The summed E-state index contributed by atoms with van der Waals surface area (Å²) in [6.07, 6.45) is 1.62. The fraction of sp³-hybridized carbons (Fsp3) is 0.467. The molecule has 2 aromatic heterocycles. The Morgan fingerprint density at radius 3 is 2.86 bits per heavy atom. The van der Waals surface area contributed by atoms with Crippen molar-refractivity contribution >= 4 is 17.5 Å². The molecule has 0 bridgehead atoms. The van der Waals surface area contributed by atoms with E-state index >= 15 is 0 Å². The van der Waals surface area contributed by atoms with Crippen LogP contribution in [0.5, 0.6) is 0 Å². The number of nitrogens with zero attached hydrogens (tertiary/aromatic N) is 3. The van der Waals surface area contributed by atoms with Crippen LogP contribution in [0.25, 0.3) is 0 Å². The number of aromatic nitrogens is 3. The third-order valence-corrected chi connectivity index (χ3v) is 4.38. The number of amides is 1. The summed E-state index contributed by atoms with van der Waals surface area (Å²) in [7, 11) is 1.91. The molecule has 0 saturated carbocycles. The third-order valence-electron chi connectivity index (χ3n) is 4.17. The highest BCUT2D eigenvalue weighted by atomic mass is 35.5. The number of halogens is 1. The lowest BCUT2D eigenvalue weighted by molar-refractivity contribution is -0.00332. The van der Waals surface area contributed by atoms with Gasteiger partial charge in [-0.05, 0) is 19.9 Å². The van der Waals surface area contributed by atoms with E-state index in [1.54, 1.807) is 12.3 Å². The largest absolute Gasteiger partial charge is 0.377 e. The van der Waals surface area contributed by atoms with E-state index < -0.39 is 0 Å². The molecule has 7 heteroatoms. The number of aryl methyl sites for hydroxylation is 2. The van der Waals surface area contributed by atoms with Crippen molar-refractivity contribution in [1.82, 2.24) is 19.7 Å². The van der Waals surface area contributed by atoms with Crippen LogP contribution in [0.4, 0.5) is 0 Å². The van der Waals surface area contributed by atoms with Crippen LogP contribution in [-0.2, 0) is 11.8 Å². The zero-order valence-electron chi connectivity index (χ0n) is 12.9. The minimum Gasteiger partial charge on any atom is -0.377 e. The van der Waals surface area contributed by atoms with Crippen molar-refractivity contribution in [2.75, 3.05) is 19.8 Å².